The van der Waals surface area contributed by atoms with E-state index in [1.807, 2.05) is 19.1 Å². The van der Waals surface area contributed by atoms with E-state index in [2.05, 4.69) is 15.9 Å². The van der Waals surface area contributed by atoms with Crippen LogP contribution in [0.1, 0.15) is 18.5 Å². The minimum atomic E-state index is -0.461. The van der Waals surface area contributed by atoms with Gasteiger partial charge in [-0.2, -0.15) is 0 Å². The molecule has 0 saturated carbocycles. The molecule has 2 aromatic rings. The van der Waals surface area contributed by atoms with E-state index in [9.17, 15) is 10.1 Å². The number of nitrogens with two attached hydrogens (primary N) is 1. The van der Waals surface area contributed by atoms with Gasteiger partial charge in [0, 0.05) is 16.6 Å². The first-order valence-corrected chi connectivity index (χ1v) is 6.73. The molecule has 2 rings (SSSR count). The van der Waals surface area contributed by atoms with Gasteiger partial charge in [-0.05, 0) is 30.7 Å². The number of hydrogen-bond acceptors (Lipinski definition) is 4. The molecule has 0 aliphatic heterocycles. The van der Waals surface area contributed by atoms with E-state index in [1.54, 1.807) is 18.2 Å². The van der Waals surface area contributed by atoms with Crippen LogP contribution in [0.2, 0.25) is 0 Å². The van der Waals surface area contributed by atoms with Crippen LogP contribution in [0, 0.1) is 10.1 Å². The first-order chi connectivity index (χ1) is 9.45. The highest BCUT2D eigenvalue weighted by atomic mass is 79.9. The van der Waals surface area contributed by atoms with Gasteiger partial charge in [0.2, 0.25) is 0 Å². The Morgan fingerprint density at radius 2 is 1.85 bits per heavy atom. The van der Waals surface area contributed by atoms with Gasteiger partial charge in [-0.1, -0.05) is 28.1 Å². The van der Waals surface area contributed by atoms with Crippen LogP contribution < -0.4 is 10.5 Å². The van der Waals surface area contributed by atoms with Crippen LogP contribution in [0.4, 0.5) is 5.69 Å². The zero-order valence-electron chi connectivity index (χ0n) is 10.7. The third-order valence-electron chi connectivity index (χ3n) is 2.71. The van der Waals surface area contributed by atoms with Gasteiger partial charge in [0.05, 0.1) is 11.0 Å². The Morgan fingerprint density at radius 1 is 1.20 bits per heavy atom. The third-order valence-corrected chi connectivity index (χ3v) is 3.17. The maximum absolute atomic E-state index is 10.8. The van der Waals surface area contributed by atoms with E-state index in [1.165, 1.54) is 12.1 Å². The van der Waals surface area contributed by atoms with Crippen molar-refractivity contribution >= 4 is 21.6 Å². The van der Waals surface area contributed by atoms with E-state index in [4.69, 9.17) is 10.5 Å². The smallest absolute Gasteiger partial charge is 0.274 e. The van der Waals surface area contributed by atoms with E-state index in [0.717, 1.165) is 5.56 Å². The molecular formula is C14H13BrN2O3. The SMILES string of the molecule is CC(N)c1ccc(Oc2cc(Br)cc([N+](=O)[O-])c2)cc1. The zero-order valence-corrected chi connectivity index (χ0v) is 12.3. The lowest BCUT2D eigenvalue weighted by atomic mass is 10.1. The summed E-state index contributed by atoms with van der Waals surface area (Å²) in [5, 5.41) is 10.8. The number of nitro groups is 1. The largest absolute Gasteiger partial charge is 0.457 e. The summed E-state index contributed by atoms with van der Waals surface area (Å²) in [5.41, 5.74) is 6.74. The number of rotatable bonds is 4. The van der Waals surface area contributed by atoms with Gasteiger partial charge in [0.25, 0.3) is 5.69 Å². The van der Waals surface area contributed by atoms with Crippen LogP contribution in [0.5, 0.6) is 11.5 Å². The average molecular weight is 337 g/mol. The molecule has 2 N–H and O–H groups in total. The van der Waals surface area contributed by atoms with Gasteiger partial charge in [-0.15, -0.1) is 0 Å². The summed E-state index contributed by atoms with van der Waals surface area (Å²) in [6, 6.07) is 11.7. The Kier molecular flexibility index (Phi) is 4.36. The molecule has 0 saturated heterocycles. The highest BCUT2D eigenvalue weighted by Crippen LogP contribution is 2.30. The van der Waals surface area contributed by atoms with E-state index < -0.39 is 4.92 Å². The summed E-state index contributed by atoms with van der Waals surface area (Å²) in [6.07, 6.45) is 0. The van der Waals surface area contributed by atoms with E-state index in [0.29, 0.717) is 16.0 Å². The number of nitro benzene ring substituents is 1. The number of nitrogens with zero attached hydrogens (tertiary/aromatic N) is 1. The fraction of sp³-hybridized carbons (Fsp3) is 0.143. The molecule has 2 aromatic carbocycles. The topological polar surface area (TPSA) is 78.4 Å². The lowest BCUT2D eigenvalue weighted by Crippen LogP contribution is -2.04. The molecule has 6 heteroatoms. The Labute approximate surface area is 124 Å². The van der Waals surface area contributed by atoms with Crippen molar-refractivity contribution in [3.63, 3.8) is 0 Å². The number of benzene rings is 2. The van der Waals surface area contributed by atoms with Crippen molar-refractivity contribution < 1.29 is 9.66 Å². The zero-order chi connectivity index (χ0) is 14.7. The average Bonchev–Trinajstić information content (AvgIpc) is 2.38. The van der Waals surface area contributed by atoms with Crippen LogP contribution in [-0.2, 0) is 0 Å². The summed E-state index contributed by atoms with van der Waals surface area (Å²) in [6.45, 7) is 1.90. The van der Waals surface area contributed by atoms with Crippen molar-refractivity contribution in [1.82, 2.24) is 0 Å². The molecule has 20 heavy (non-hydrogen) atoms. The quantitative estimate of drug-likeness (QED) is 0.671. The van der Waals surface area contributed by atoms with Crippen molar-refractivity contribution in [2.24, 2.45) is 5.73 Å². The lowest BCUT2D eigenvalue weighted by Gasteiger charge is -2.09. The second kappa shape index (κ2) is 6.02. The number of hydrogen-bond donors (Lipinski definition) is 1. The highest BCUT2D eigenvalue weighted by molar-refractivity contribution is 9.10. The first-order valence-electron chi connectivity index (χ1n) is 5.94. The Balaban J connectivity index is 2.23. The van der Waals surface area contributed by atoms with Gasteiger partial charge < -0.3 is 10.5 Å². The third kappa shape index (κ3) is 3.55. The fourth-order valence-corrected chi connectivity index (χ4v) is 2.15. The van der Waals surface area contributed by atoms with Gasteiger partial charge in [-0.25, -0.2) is 0 Å². The van der Waals surface area contributed by atoms with Crippen LogP contribution in [0.3, 0.4) is 0 Å². The molecule has 0 fully saturated rings. The molecule has 0 radical (unpaired) electrons. The monoisotopic (exact) mass is 336 g/mol. The minimum Gasteiger partial charge on any atom is -0.457 e. The van der Waals surface area contributed by atoms with Crippen molar-refractivity contribution in [1.29, 1.82) is 0 Å². The molecule has 0 heterocycles. The maximum Gasteiger partial charge on any atom is 0.274 e. The molecule has 0 aliphatic rings. The van der Waals surface area contributed by atoms with Crippen LogP contribution >= 0.6 is 15.9 Å². The predicted molar refractivity (Wildman–Crippen MR) is 79.9 cm³/mol. The molecule has 0 amide bonds. The molecule has 0 aliphatic carbocycles. The van der Waals surface area contributed by atoms with Gasteiger partial charge in [-0.3, -0.25) is 10.1 Å². The molecule has 0 aromatic heterocycles. The van der Waals surface area contributed by atoms with Gasteiger partial charge >= 0.3 is 0 Å². The standard InChI is InChI=1S/C14H13BrN2O3/c1-9(16)10-2-4-13(5-3-10)20-14-7-11(15)6-12(8-14)17(18)19/h2-9H,16H2,1H3. The Hall–Kier alpha value is -1.92. The van der Waals surface area contributed by atoms with Crippen molar-refractivity contribution in [2.75, 3.05) is 0 Å². The second-order valence-electron chi connectivity index (χ2n) is 4.36. The summed E-state index contributed by atoms with van der Waals surface area (Å²) in [7, 11) is 0. The second-order valence-corrected chi connectivity index (χ2v) is 5.28. The molecule has 0 bridgehead atoms. The molecule has 5 nitrogen and oxygen atoms in total. The van der Waals surface area contributed by atoms with Crippen LogP contribution in [0.25, 0.3) is 0 Å². The lowest BCUT2D eigenvalue weighted by molar-refractivity contribution is -0.385. The first kappa shape index (κ1) is 14.5. The Bertz CT molecular complexity index is 627. The van der Waals surface area contributed by atoms with Crippen molar-refractivity contribution in [3.05, 3.63) is 62.6 Å². The van der Waals surface area contributed by atoms with Crippen LogP contribution in [-0.4, -0.2) is 4.92 Å². The molecule has 1 atom stereocenters. The van der Waals surface area contributed by atoms with Crippen LogP contribution in [0.15, 0.2) is 46.9 Å². The number of halogens is 1. The molecule has 104 valence electrons. The predicted octanol–water partition coefficient (Wildman–Crippen LogP) is 4.17. The van der Waals surface area contributed by atoms with Crippen molar-refractivity contribution in [3.8, 4) is 11.5 Å². The normalized spacial score (nSPS) is 11.9. The molecule has 1 unspecified atom stereocenters. The molecule has 0 spiro atoms. The maximum atomic E-state index is 10.8. The number of non-ortho nitro benzene ring substituents is 1. The van der Waals surface area contributed by atoms with Crippen molar-refractivity contribution in [2.45, 2.75) is 13.0 Å². The summed E-state index contributed by atoms with van der Waals surface area (Å²) in [5.74, 6) is 1.00. The molecular weight excluding hydrogens is 324 g/mol. The number of ether oxygens (including phenoxy) is 1. The van der Waals surface area contributed by atoms with Gasteiger partial charge in [0.1, 0.15) is 11.5 Å². The summed E-state index contributed by atoms with van der Waals surface area (Å²) in [4.78, 5) is 10.3. The Morgan fingerprint density at radius 3 is 2.40 bits per heavy atom. The van der Waals surface area contributed by atoms with E-state index >= 15 is 0 Å². The summed E-state index contributed by atoms with van der Waals surface area (Å²) >= 11 is 3.22. The van der Waals surface area contributed by atoms with E-state index in [-0.39, 0.29) is 11.7 Å². The minimum absolute atomic E-state index is 0.0263. The summed E-state index contributed by atoms with van der Waals surface area (Å²) < 4.78 is 6.20. The fourth-order valence-electron chi connectivity index (χ4n) is 1.69. The highest BCUT2D eigenvalue weighted by Gasteiger charge is 2.10. The van der Waals surface area contributed by atoms with Gasteiger partial charge in [0.15, 0.2) is 0 Å².